The average molecular weight is 347 g/mol. The Balaban J connectivity index is 0.000000686. The minimum atomic E-state index is -0.345. The standard InChI is InChI=1S/C13H10FO.BrH.Zn/c1-15-13-8-7-11(9-12(13)14)10-5-3-2-4-6-10;;/h3-9H,1H3;1H;/q-1;;+2/p-1. The number of hydrogen-bond donors (Lipinski definition) is 0. The number of hydrogen-bond acceptors (Lipinski definition) is 1. The zero-order valence-electron chi connectivity index (χ0n) is 9.41. The molecular weight excluding hydrogens is 336 g/mol. The summed E-state index contributed by atoms with van der Waals surface area (Å²) in [4.78, 5) is 0. The van der Waals surface area contributed by atoms with E-state index in [0.717, 1.165) is 11.1 Å². The predicted octanol–water partition coefficient (Wildman–Crippen LogP) is 4.14. The summed E-state index contributed by atoms with van der Waals surface area (Å²) in [5.41, 5.74) is 1.80. The Morgan fingerprint density at radius 3 is 2.29 bits per heavy atom. The van der Waals surface area contributed by atoms with E-state index in [1.54, 1.807) is 18.2 Å². The second-order valence-electron chi connectivity index (χ2n) is 3.14. The second-order valence-corrected chi connectivity index (χ2v) is 3.14. The van der Waals surface area contributed by atoms with Crippen LogP contribution in [0.1, 0.15) is 0 Å². The molecule has 0 aromatic heterocycles. The van der Waals surface area contributed by atoms with Crippen LogP contribution in [0.15, 0.2) is 42.5 Å². The molecule has 0 atom stereocenters. The number of benzene rings is 2. The quantitative estimate of drug-likeness (QED) is 0.586. The molecular formula is C13H10BrFOZn. The Hall–Kier alpha value is -0.727. The maximum atomic E-state index is 13.4. The van der Waals surface area contributed by atoms with Crippen LogP contribution >= 0.6 is 13.6 Å². The molecule has 1 nitrogen and oxygen atoms in total. The van der Waals surface area contributed by atoms with Crippen LogP contribution in [-0.4, -0.2) is 7.11 Å². The van der Waals surface area contributed by atoms with E-state index >= 15 is 0 Å². The zero-order valence-corrected chi connectivity index (χ0v) is 14.0. The first-order chi connectivity index (χ1) is 8.31. The molecule has 4 heteroatoms. The van der Waals surface area contributed by atoms with Gasteiger partial charge in [0.2, 0.25) is 0 Å². The Labute approximate surface area is 117 Å². The van der Waals surface area contributed by atoms with Gasteiger partial charge in [-0.1, -0.05) is 6.07 Å². The van der Waals surface area contributed by atoms with Crippen LogP contribution in [0.5, 0.6) is 5.75 Å². The third-order valence-electron chi connectivity index (χ3n) is 2.20. The van der Waals surface area contributed by atoms with Gasteiger partial charge in [-0.05, 0) is 17.7 Å². The van der Waals surface area contributed by atoms with Gasteiger partial charge in [0.25, 0.3) is 0 Å². The van der Waals surface area contributed by atoms with Crippen LogP contribution in [0.25, 0.3) is 11.1 Å². The average Bonchev–Trinajstić information content (AvgIpc) is 2.42. The van der Waals surface area contributed by atoms with Crippen LogP contribution in [0.4, 0.5) is 4.39 Å². The number of halogens is 2. The zero-order chi connectivity index (χ0) is 12.7. The molecule has 2 aromatic carbocycles. The van der Waals surface area contributed by atoms with Crippen LogP contribution in [0.3, 0.4) is 0 Å². The van der Waals surface area contributed by atoms with Gasteiger partial charge in [0, 0.05) is 0 Å². The molecule has 2 aromatic rings. The third kappa shape index (κ3) is 3.90. The van der Waals surface area contributed by atoms with Crippen molar-refractivity contribution >= 4 is 13.6 Å². The normalized spacial score (nSPS) is 9.24. The third-order valence-corrected chi connectivity index (χ3v) is 2.20. The van der Waals surface area contributed by atoms with Gasteiger partial charge in [-0.3, -0.25) is 0 Å². The van der Waals surface area contributed by atoms with Gasteiger partial charge in [-0.25, -0.2) is 4.39 Å². The summed E-state index contributed by atoms with van der Waals surface area (Å²) in [6.07, 6.45) is 0. The maximum absolute atomic E-state index is 13.4. The molecule has 0 unspecified atom stereocenters. The molecule has 0 aliphatic rings. The predicted molar refractivity (Wildman–Crippen MR) is 66.2 cm³/mol. The van der Waals surface area contributed by atoms with Crippen LogP contribution in [0.2, 0.25) is 0 Å². The molecule has 84 valence electrons. The topological polar surface area (TPSA) is 9.23 Å². The molecule has 2 rings (SSSR count). The van der Waals surface area contributed by atoms with E-state index in [2.05, 4.69) is 19.7 Å². The first-order valence-corrected chi connectivity index (χ1v) is 11.8. The minimum absolute atomic E-state index is 0.265. The van der Waals surface area contributed by atoms with E-state index in [-0.39, 0.29) is 11.6 Å². The fourth-order valence-electron chi connectivity index (χ4n) is 1.43. The molecule has 0 heterocycles. The van der Waals surface area contributed by atoms with Gasteiger partial charge >= 0.3 is 30.0 Å². The van der Waals surface area contributed by atoms with E-state index in [4.69, 9.17) is 4.74 Å². The molecule has 0 amide bonds. The summed E-state index contributed by atoms with van der Waals surface area (Å²) < 4.78 is 18.3. The number of methoxy groups -OCH3 is 1. The van der Waals surface area contributed by atoms with Gasteiger partial charge in [-0.15, -0.1) is 5.56 Å². The molecule has 0 N–H and O–H groups in total. The molecule has 0 fully saturated rings. The van der Waals surface area contributed by atoms with Crippen molar-refractivity contribution < 1.29 is 25.5 Å². The van der Waals surface area contributed by atoms with Crippen LogP contribution in [-0.2, 0) is 16.3 Å². The Morgan fingerprint density at radius 1 is 1.12 bits per heavy atom. The van der Waals surface area contributed by atoms with Gasteiger partial charge in [-0.2, -0.15) is 30.3 Å². The van der Waals surface area contributed by atoms with Crippen LogP contribution in [0, 0.1) is 11.9 Å². The molecule has 0 aliphatic carbocycles. The van der Waals surface area contributed by atoms with E-state index in [0.29, 0.717) is 0 Å². The summed E-state index contributed by atoms with van der Waals surface area (Å²) in [6, 6.07) is 15.2. The van der Waals surface area contributed by atoms with Crippen molar-refractivity contribution in [1.29, 1.82) is 0 Å². The Morgan fingerprint density at radius 2 is 1.76 bits per heavy atom. The summed E-state index contributed by atoms with van der Waals surface area (Å²) >= 11 is 4.25. The summed E-state index contributed by atoms with van der Waals surface area (Å²) in [6.45, 7) is 0. The molecule has 0 saturated carbocycles. The number of ether oxygens (including phenoxy) is 1. The van der Waals surface area contributed by atoms with E-state index in [1.807, 2.05) is 18.2 Å². The SMILES string of the molecule is COc1ccc(-c2cc[c-]cc2)cc1F.[Zn+][Br]. The molecule has 0 saturated heterocycles. The van der Waals surface area contributed by atoms with E-state index in [9.17, 15) is 4.39 Å². The molecule has 0 bridgehead atoms. The first kappa shape index (κ1) is 14.3. The fourth-order valence-corrected chi connectivity index (χ4v) is 1.43. The van der Waals surface area contributed by atoms with Crippen molar-refractivity contribution in [2.45, 2.75) is 0 Å². The van der Waals surface area contributed by atoms with Gasteiger partial charge in [0.15, 0.2) is 11.6 Å². The summed E-state index contributed by atoms with van der Waals surface area (Å²) in [7, 11) is 1.45. The van der Waals surface area contributed by atoms with Crippen molar-refractivity contribution in [2.24, 2.45) is 0 Å². The van der Waals surface area contributed by atoms with Crippen molar-refractivity contribution in [2.75, 3.05) is 7.11 Å². The van der Waals surface area contributed by atoms with Crippen LogP contribution < -0.4 is 4.74 Å². The van der Waals surface area contributed by atoms with E-state index in [1.165, 1.54) is 29.5 Å². The van der Waals surface area contributed by atoms with Gasteiger partial charge in [0.05, 0.1) is 7.11 Å². The summed E-state index contributed by atoms with van der Waals surface area (Å²) in [5, 5.41) is 0. The number of rotatable bonds is 2. The second kappa shape index (κ2) is 7.57. The fraction of sp³-hybridized carbons (Fsp3) is 0.0769. The van der Waals surface area contributed by atoms with E-state index < -0.39 is 0 Å². The van der Waals surface area contributed by atoms with Crippen molar-refractivity contribution in [1.82, 2.24) is 0 Å². The van der Waals surface area contributed by atoms with Gasteiger partial charge in [0.1, 0.15) is 0 Å². The molecule has 0 radical (unpaired) electrons. The van der Waals surface area contributed by atoms with Crippen molar-refractivity contribution in [3.63, 3.8) is 0 Å². The van der Waals surface area contributed by atoms with Crippen molar-refractivity contribution in [3.8, 4) is 16.9 Å². The first-order valence-electron chi connectivity index (χ1n) is 4.88. The Kier molecular flexibility index (Phi) is 6.38. The Bertz CT molecular complexity index is 462. The molecule has 17 heavy (non-hydrogen) atoms. The molecule has 0 spiro atoms. The monoisotopic (exact) mass is 344 g/mol. The summed E-state index contributed by atoms with van der Waals surface area (Å²) in [5.74, 6) is -0.0796. The van der Waals surface area contributed by atoms with Gasteiger partial charge < -0.3 is 4.74 Å². The van der Waals surface area contributed by atoms with Crippen molar-refractivity contribution in [3.05, 3.63) is 54.3 Å². The molecule has 0 aliphatic heterocycles.